The van der Waals surface area contributed by atoms with Crippen molar-refractivity contribution in [3.63, 3.8) is 0 Å². The van der Waals surface area contributed by atoms with Crippen molar-refractivity contribution in [1.29, 1.82) is 0 Å². The highest BCUT2D eigenvalue weighted by atomic mass is 79.9. The Morgan fingerprint density at radius 1 is 1.32 bits per heavy atom. The van der Waals surface area contributed by atoms with Crippen molar-refractivity contribution in [1.82, 2.24) is 10.2 Å². The van der Waals surface area contributed by atoms with Gasteiger partial charge in [-0.05, 0) is 75.6 Å². The van der Waals surface area contributed by atoms with Gasteiger partial charge >= 0.3 is 0 Å². The predicted molar refractivity (Wildman–Crippen MR) is 80.6 cm³/mol. The van der Waals surface area contributed by atoms with Gasteiger partial charge in [0.25, 0.3) is 0 Å². The van der Waals surface area contributed by atoms with Crippen LogP contribution < -0.4 is 5.32 Å². The Balaban J connectivity index is 1.82. The molecule has 0 atom stereocenters. The number of hydrogen-bond donors (Lipinski definition) is 1. The summed E-state index contributed by atoms with van der Waals surface area (Å²) < 4.78 is 14.2. The van der Waals surface area contributed by atoms with Crippen LogP contribution in [0.2, 0.25) is 0 Å². The zero-order chi connectivity index (χ0) is 13.7. The van der Waals surface area contributed by atoms with Crippen molar-refractivity contribution >= 4 is 15.9 Å². The van der Waals surface area contributed by atoms with E-state index < -0.39 is 0 Å². The number of rotatable bonds is 5. The van der Waals surface area contributed by atoms with Gasteiger partial charge < -0.3 is 5.32 Å². The second kappa shape index (κ2) is 7.36. The summed E-state index contributed by atoms with van der Waals surface area (Å²) in [6.45, 7) is 4.22. The summed E-state index contributed by atoms with van der Waals surface area (Å²) in [5, 5.41) is 3.22. The first kappa shape index (κ1) is 14.9. The quantitative estimate of drug-likeness (QED) is 0.891. The Morgan fingerprint density at radius 3 is 2.68 bits per heavy atom. The fourth-order valence-corrected chi connectivity index (χ4v) is 3.25. The number of nitrogens with one attached hydrogen (secondary N) is 1. The summed E-state index contributed by atoms with van der Waals surface area (Å²) in [7, 11) is 2.01. The van der Waals surface area contributed by atoms with Gasteiger partial charge in [0.1, 0.15) is 5.82 Å². The van der Waals surface area contributed by atoms with E-state index >= 15 is 0 Å². The van der Waals surface area contributed by atoms with Crippen LogP contribution in [0.25, 0.3) is 0 Å². The maximum Gasteiger partial charge on any atom is 0.124 e. The van der Waals surface area contributed by atoms with Crippen LogP contribution in [0, 0.1) is 11.7 Å². The number of benzene rings is 1. The third-order valence-corrected chi connectivity index (χ3v) is 4.30. The minimum atomic E-state index is -0.159. The zero-order valence-electron chi connectivity index (χ0n) is 11.5. The van der Waals surface area contributed by atoms with Crippen LogP contribution >= 0.6 is 15.9 Å². The van der Waals surface area contributed by atoms with Gasteiger partial charge in [0.2, 0.25) is 0 Å². The fraction of sp³-hybridized carbons (Fsp3) is 0.600. The molecule has 4 heteroatoms. The van der Waals surface area contributed by atoms with E-state index in [1.165, 1.54) is 25.3 Å². The Hall–Kier alpha value is -0.450. The summed E-state index contributed by atoms with van der Waals surface area (Å²) in [4.78, 5) is 2.43. The van der Waals surface area contributed by atoms with Gasteiger partial charge in [-0.1, -0.05) is 15.9 Å². The number of hydrogen-bond acceptors (Lipinski definition) is 2. The SMILES string of the molecule is CNCCC1CCN(Cc2cc(F)cc(Br)c2)CC1. The van der Waals surface area contributed by atoms with E-state index in [9.17, 15) is 4.39 Å². The molecule has 19 heavy (non-hydrogen) atoms. The Labute approximate surface area is 123 Å². The molecule has 1 N–H and O–H groups in total. The molecular weight excluding hydrogens is 307 g/mol. The Kier molecular flexibility index (Phi) is 5.79. The Morgan fingerprint density at radius 2 is 2.05 bits per heavy atom. The lowest BCUT2D eigenvalue weighted by molar-refractivity contribution is 0.172. The first-order valence-electron chi connectivity index (χ1n) is 6.99. The summed E-state index contributed by atoms with van der Waals surface area (Å²) in [5.41, 5.74) is 1.06. The van der Waals surface area contributed by atoms with Gasteiger partial charge in [0, 0.05) is 11.0 Å². The van der Waals surface area contributed by atoms with Gasteiger partial charge in [-0.15, -0.1) is 0 Å². The third-order valence-electron chi connectivity index (χ3n) is 3.84. The summed E-state index contributed by atoms with van der Waals surface area (Å²) in [6, 6.07) is 5.15. The molecule has 2 nitrogen and oxygen atoms in total. The van der Waals surface area contributed by atoms with Gasteiger partial charge in [-0.3, -0.25) is 4.90 Å². The van der Waals surface area contributed by atoms with E-state index in [2.05, 4.69) is 26.1 Å². The molecular formula is C15H22BrFN2. The fourth-order valence-electron chi connectivity index (χ4n) is 2.74. The smallest absolute Gasteiger partial charge is 0.124 e. The van der Waals surface area contributed by atoms with E-state index in [1.807, 2.05) is 13.1 Å². The molecule has 1 fully saturated rings. The number of halogens is 2. The molecule has 0 bridgehead atoms. The van der Waals surface area contributed by atoms with E-state index in [-0.39, 0.29) is 5.82 Å². The lowest BCUT2D eigenvalue weighted by Gasteiger charge is -2.32. The number of nitrogens with zero attached hydrogens (tertiary/aromatic N) is 1. The minimum Gasteiger partial charge on any atom is -0.320 e. The second-order valence-corrected chi connectivity index (χ2v) is 6.31. The summed E-state index contributed by atoms with van der Waals surface area (Å²) >= 11 is 3.35. The maximum absolute atomic E-state index is 13.3. The van der Waals surface area contributed by atoms with Gasteiger partial charge in [0.15, 0.2) is 0 Å². The molecule has 1 heterocycles. The summed E-state index contributed by atoms with van der Waals surface area (Å²) in [5.74, 6) is 0.691. The first-order chi connectivity index (χ1) is 9.17. The summed E-state index contributed by atoms with van der Waals surface area (Å²) in [6.07, 6.45) is 3.80. The third kappa shape index (κ3) is 4.86. The van der Waals surface area contributed by atoms with Crippen LogP contribution in [-0.2, 0) is 6.54 Å². The molecule has 0 aromatic heterocycles. The van der Waals surface area contributed by atoms with Crippen LogP contribution in [0.15, 0.2) is 22.7 Å². The average molecular weight is 329 g/mol. The van der Waals surface area contributed by atoms with Gasteiger partial charge in [-0.2, -0.15) is 0 Å². The molecule has 0 unspecified atom stereocenters. The molecule has 1 aromatic carbocycles. The highest BCUT2D eigenvalue weighted by Crippen LogP contribution is 2.22. The molecule has 0 amide bonds. The predicted octanol–water partition coefficient (Wildman–Crippen LogP) is 3.41. The molecule has 1 aromatic rings. The molecule has 0 saturated carbocycles. The molecule has 2 rings (SSSR count). The molecule has 0 spiro atoms. The Bertz CT molecular complexity index is 383. The van der Waals surface area contributed by atoms with E-state index in [0.717, 1.165) is 42.1 Å². The van der Waals surface area contributed by atoms with Crippen LogP contribution in [0.5, 0.6) is 0 Å². The van der Waals surface area contributed by atoms with Crippen LogP contribution in [-0.4, -0.2) is 31.6 Å². The first-order valence-corrected chi connectivity index (χ1v) is 7.78. The van der Waals surface area contributed by atoms with Gasteiger partial charge in [0.05, 0.1) is 0 Å². The zero-order valence-corrected chi connectivity index (χ0v) is 13.0. The standard InChI is InChI=1S/C15H22BrFN2/c1-18-5-2-12-3-6-19(7-4-12)11-13-8-14(16)10-15(17)9-13/h8-10,12,18H,2-7,11H2,1H3. The minimum absolute atomic E-state index is 0.159. The number of piperidine rings is 1. The van der Waals surface area contributed by atoms with Crippen LogP contribution in [0.4, 0.5) is 4.39 Å². The van der Waals surface area contributed by atoms with Crippen molar-refractivity contribution in [2.45, 2.75) is 25.8 Å². The highest BCUT2D eigenvalue weighted by molar-refractivity contribution is 9.10. The van der Waals surface area contributed by atoms with E-state index in [4.69, 9.17) is 0 Å². The topological polar surface area (TPSA) is 15.3 Å². The van der Waals surface area contributed by atoms with Crippen molar-refractivity contribution in [2.75, 3.05) is 26.7 Å². The van der Waals surface area contributed by atoms with E-state index in [0.29, 0.717) is 0 Å². The lowest BCUT2D eigenvalue weighted by Crippen LogP contribution is -2.34. The molecule has 1 saturated heterocycles. The largest absolute Gasteiger partial charge is 0.320 e. The van der Waals surface area contributed by atoms with Crippen molar-refractivity contribution in [3.8, 4) is 0 Å². The lowest BCUT2D eigenvalue weighted by atomic mass is 9.93. The molecule has 1 aliphatic heterocycles. The average Bonchev–Trinajstić information content (AvgIpc) is 2.37. The normalized spacial score (nSPS) is 17.8. The van der Waals surface area contributed by atoms with Crippen molar-refractivity contribution < 1.29 is 4.39 Å². The van der Waals surface area contributed by atoms with Crippen LogP contribution in [0.1, 0.15) is 24.8 Å². The van der Waals surface area contributed by atoms with Crippen molar-refractivity contribution in [2.24, 2.45) is 5.92 Å². The molecule has 1 aliphatic rings. The van der Waals surface area contributed by atoms with Gasteiger partial charge in [-0.25, -0.2) is 4.39 Å². The number of likely N-dealkylation sites (tertiary alicyclic amines) is 1. The second-order valence-electron chi connectivity index (χ2n) is 5.39. The monoisotopic (exact) mass is 328 g/mol. The molecule has 106 valence electrons. The molecule has 0 radical (unpaired) electrons. The maximum atomic E-state index is 13.3. The highest BCUT2D eigenvalue weighted by Gasteiger charge is 2.18. The molecule has 0 aliphatic carbocycles. The van der Waals surface area contributed by atoms with Crippen molar-refractivity contribution in [3.05, 3.63) is 34.1 Å². The van der Waals surface area contributed by atoms with Crippen LogP contribution in [0.3, 0.4) is 0 Å². The van der Waals surface area contributed by atoms with E-state index in [1.54, 1.807) is 6.07 Å².